The Labute approximate surface area is 106 Å². The van der Waals surface area contributed by atoms with E-state index in [1.165, 1.54) is 0 Å². The van der Waals surface area contributed by atoms with E-state index in [-0.39, 0.29) is 17.1 Å². The highest BCUT2D eigenvalue weighted by atomic mass is 35.5. The van der Waals surface area contributed by atoms with Crippen molar-refractivity contribution in [1.29, 1.82) is 0 Å². The van der Waals surface area contributed by atoms with Gasteiger partial charge in [-0.2, -0.15) is 0 Å². The first-order valence-corrected chi connectivity index (χ1v) is 5.92. The number of aromatic nitrogens is 1. The number of rotatable bonds is 2. The van der Waals surface area contributed by atoms with Crippen LogP contribution in [0, 0.1) is 0 Å². The van der Waals surface area contributed by atoms with Crippen LogP contribution in [0.2, 0.25) is 5.15 Å². The van der Waals surface area contributed by atoms with Crippen molar-refractivity contribution in [3.63, 3.8) is 0 Å². The first kappa shape index (κ1) is 12.6. The van der Waals surface area contributed by atoms with Crippen LogP contribution in [-0.2, 0) is 11.0 Å². The first-order valence-electron chi connectivity index (χ1n) is 5.55. The molecule has 1 aliphatic heterocycles. The highest BCUT2D eigenvalue weighted by molar-refractivity contribution is 6.31. The Hall–Kier alpha value is -0.840. The van der Waals surface area contributed by atoms with E-state index in [0.717, 1.165) is 5.56 Å². The predicted octanol–water partition coefficient (Wildman–Crippen LogP) is 1.57. The van der Waals surface area contributed by atoms with Gasteiger partial charge in [-0.3, -0.25) is 0 Å². The average molecular weight is 257 g/mol. The molecule has 4 nitrogen and oxygen atoms in total. The molecule has 0 fully saturated rings. The Morgan fingerprint density at radius 2 is 2.29 bits per heavy atom. The van der Waals surface area contributed by atoms with Crippen LogP contribution in [0.4, 0.5) is 0 Å². The summed E-state index contributed by atoms with van der Waals surface area (Å²) < 4.78 is 5.54. The quantitative estimate of drug-likeness (QED) is 0.789. The summed E-state index contributed by atoms with van der Waals surface area (Å²) in [7, 11) is 0. The lowest BCUT2D eigenvalue weighted by Crippen LogP contribution is -2.32. The third-order valence-electron chi connectivity index (χ3n) is 3.19. The molecule has 0 amide bonds. The Bertz CT molecular complexity index is 458. The molecule has 0 saturated carbocycles. The van der Waals surface area contributed by atoms with Crippen LogP contribution < -0.4 is 10.5 Å². The Balaban J connectivity index is 2.58. The molecule has 1 aromatic heterocycles. The Morgan fingerprint density at radius 1 is 1.65 bits per heavy atom. The van der Waals surface area contributed by atoms with Crippen LogP contribution in [-0.4, -0.2) is 23.2 Å². The molecule has 1 aliphatic rings. The molecule has 0 radical (unpaired) electrons. The van der Waals surface area contributed by atoms with Gasteiger partial charge in [0.15, 0.2) is 10.9 Å². The summed E-state index contributed by atoms with van der Waals surface area (Å²) in [4.78, 5) is 4.16. The van der Waals surface area contributed by atoms with E-state index in [4.69, 9.17) is 22.1 Å². The number of halogens is 1. The fourth-order valence-corrected chi connectivity index (χ4v) is 2.10. The molecule has 1 aromatic rings. The number of nitrogens with two attached hydrogens (primary N) is 1. The summed E-state index contributed by atoms with van der Waals surface area (Å²) in [6.07, 6.45) is 0. The number of fused-ring (bicyclic) bond motifs is 1. The molecule has 94 valence electrons. The van der Waals surface area contributed by atoms with Gasteiger partial charge in [-0.25, -0.2) is 4.98 Å². The van der Waals surface area contributed by atoms with Gasteiger partial charge in [0.05, 0.1) is 12.3 Å². The summed E-state index contributed by atoms with van der Waals surface area (Å²) in [5.74, 6) is 0.619. The third-order valence-corrected chi connectivity index (χ3v) is 3.44. The van der Waals surface area contributed by atoms with E-state index in [0.29, 0.717) is 18.1 Å². The molecule has 2 heterocycles. The van der Waals surface area contributed by atoms with Gasteiger partial charge in [-0.05, 0) is 13.0 Å². The van der Waals surface area contributed by atoms with Crippen LogP contribution in [0.3, 0.4) is 0 Å². The van der Waals surface area contributed by atoms with Gasteiger partial charge in [0, 0.05) is 17.5 Å². The number of hydrogen-bond acceptors (Lipinski definition) is 4. The lowest BCUT2D eigenvalue weighted by molar-refractivity contribution is 0.0621. The molecule has 5 heteroatoms. The third kappa shape index (κ3) is 2.01. The summed E-state index contributed by atoms with van der Waals surface area (Å²) in [5.41, 5.74) is 5.71. The van der Waals surface area contributed by atoms with Crippen molar-refractivity contribution in [3.05, 3.63) is 22.5 Å². The highest BCUT2D eigenvalue weighted by Gasteiger charge is 2.36. The van der Waals surface area contributed by atoms with Gasteiger partial charge >= 0.3 is 0 Å². The fraction of sp³-hybridized carbons (Fsp3) is 0.583. The van der Waals surface area contributed by atoms with Gasteiger partial charge in [0.1, 0.15) is 5.60 Å². The zero-order valence-corrected chi connectivity index (χ0v) is 11.0. The van der Waals surface area contributed by atoms with Crippen LogP contribution in [0.15, 0.2) is 6.07 Å². The van der Waals surface area contributed by atoms with E-state index in [9.17, 15) is 5.11 Å². The van der Waals surface area contributed by atoms with Gasteiger partial charge < -0.3 is 15.6 Å². The summed E-state index contributed by atoms with van der Waals surface area (Å²) >= 11 is 6.08. The molecule has 1 unspecified atom stereocenters. The van der Waals surface area contributed by atoms with Gasteiger partial charge in [-0.1, -0.05) is 25.4 Å². The molecule has 0 bridgehead atoms. The minimum atomic E-state index is -1.17. The van der Waals surface area contributed by atoms with Crippen molar-refractivity contribution in [1.82, 2.24) is 4.98 Å². The maximum Gasteiger partial charge on any atom is 0.171 e. The summed E-state index contributed by atoms with van der Waals surface area (Å²) in [6, 6.07) is 1.83. The van der Waals surface area contributed by atoms with Gasteiger partial charge in [0.25, 0.3) is 0 Å². The average Bonchev–Trinajstić information content (AvgIpc) is 2.55. The molecule has 3 N–H and O–H groups in total. The topological polar surface area (TPSA) is 68.4 Å². The van der Waals surface area contributed by atoms with Crippen molar-refractivity contribution >= 4 is 11.6 Å². The number of aliphatic hydroxyl groups is 1. The van der Waals surface area contributed by atoms with Crippen molar-refractivity contribution in [2.24, 2.45) is 5.73 Å². The standard InChI is InChI=1S/C12H17ClN2O2/c1-11(2)6-17-9-7(11)4-8(15-10(9)13)12(3,16)5-14/h4,16H,5-6,14H2,1-3H3. The Morgan fingerprint density at radius 3 is 2.88 bits per heavy atom. The number of pyridine rings is 1. The molecule has 2 rings (SSSR count). The van der Waals surface area contributed by atoms with E-state index in [1.807, 2.05) is 6.07 Å². The van der Waals surface area contributed by atoms with Gasteiger partial charge in [-0.15, -0.1) is 0 Å². The maximum atomic E-state index is 10.1. The summed E-state index contributed by atoms with van der Waals surface area (Å²) in [6.45, 7) is 6.42. The highest BCUT2D eigenvalue weighted by Crippen LogP contribution is 2.43. The van der Waals surface area contributed by atoms with Crippen molar-refractivity contribution in [2.45, 2.75) is 31.8 Å². The molecule has 1 atom stereocenters. The number of hydrogen-bond donors (Lipinski definition) is 2. The molecule has 0 saturated heterocycles. The lowest BCUT2D eigenvalue weighted by Gasteiger charge is -2.23. The van der Waals surface area contributed by atoms with Crippen molar-refractivity contribution in [2.75, 3.05) is 13.2 Å². The number of nitrogens with zero attached hydrogens (tertiary/aromatic N) is 1. The van der Waals surface area contributed by atoms with Crippen LogP contribution in [0.1, 0.15) is 32.0 Å². The van der Waals surface area contributed by atoms with E-state index in [2.05, 4.69) is 18.8 Å². The van der Waals surface area contributed by atoms with Crippen molar-refractivity contribution < 1.29 is 9.84 Å². The van der Waals surface area contributed by atoms with Gasteiger partial charge in [0.2, 0.25) is 0 Å². The fourth-order valence-electron chi connectivity index (χ4n) is 1.85. The first-order chi connectivity index (χ1) is 7.78. The normalized spacial score (nSPS) is 20.6. The second kappa shape index (κ2) is 3.83. The Kier molecular flexibility index (Phi) is 2.84. The molecular weight excluding hydrogens is 240 g/mol. The van der Waals surface area contributed by atoms with E-state index >= 15 is 0 Å². The molecule has 0 aromatic carbocycles. The molecule has 17 heavy (non-hydrogen) atoms. The molecule has 0 aliphatic carbocycles. The lowest BCUT2D eigenvalue weighted by atomic mass is 9.86. The predicted molar refractivity (Wildman–Crippen MR) is 66.4 cm³/mol. The maximum absolute atomic E-state index is 10.1. The second-order valence-corrected chi connectivity index (χ2v) is 5.68. The molecule has 0 spiro atoms. The minimum absolute atomic E-state index is 0.0937. The zero-order valence-electron chi connectivity index (χ0n) is 10.2. The van der Waals surface area contributed by atoms with E-state index < -0.39 is 5.60 Å². The van der Waals surface area contributed by atoms with Crippen LogP contribution in [0.25, 0.3) is 0 Å². The second-order valence-electron chi connectivity index (χ2n) is 5.33. The van der Waals surface area contributed by atoms with E-state index in [1.54, 1.807) is 6.92 Å². The minimum Gasteiger partial charge on any atom is -0.489 e. The molecular formula is C12H17ClN2O2. The zero-order chi connectivity index (χ0) is 12.8. The van der Waals surface area contributed by atoms with Crippen LogP contribution >= 0.6 is 11.6 Å². The monoisotopic (exact) mass is 256 g/mol. The van der Waals surface area contributed by atoms with Crippen molar-refractivity contribution in [3.8, 4) is 5.75 Å². The number of ether oxygens (including phenoxy) is 1. The largest absolute Gasteiger partial charge is 0.489 e. The SMILES string of the molecule is CC1(C)COc2c1cc(C(C)(O)CN)nc2Cl. The summed E-state index contributed by atoms with van der Waals surface area (Å²) in [5, 5.41) is 10.4. The van der Waals surface area contributed by atoms with Crippen LogP contribution in [0.5, 0.6) is 5.75 Å². The smallest absolute Gasteiger partial charge is 0.171 e.